The molecule has 0 rings (SSSR count). The maximum absolute atomic E-state index is 5.08. The lowest BCUT2D eigenvalue weighted by Crippen LogP contribution is -2.22. The molecule has 0 unspecified atom stereocenters. The highest BCUT2D eigenvalue weighted by Gasteiger charge is 2.10. The van der Waals surface area contributed by atoms with Crippen molar-refractivity contribution in [2.45, 2.75) is 99.3 Å². The quantitative estimate of drug-likeness (QED) is 0.394. The molecule has 0 N–H and O–H groups in total. The molecule has 0 radical (unpaired) electrons. The second-order valence-electron chi connectivity index (χ2n) is 11.0. The molecule has 0 aromatic rings. The summed E-state index contributed by atoms with van der Waals surface area (Å²) < 4.78 is 20.3. The molecule has 0 spiro atoms. The van der Waals surface area contributed by atoms with Gasteiger partial charge in [-0.2, -0.15) is 0 Å². The molecule has 178 valence electrons. The molecule has 0 heterocycles. The molecule has 0 aliphatic rings. The third kappa shape index (κ3) is 109. The van der Waals surface area contributed by atoms with Crippen LogP contribution in [-0.2, 0) is 17.7 Å². The third-order valence-corrected chi connectivity index (χ3v) is 7.35. The minimum Gasteiger partial charge on any atom is -0.421 e. The average molecular weight is 475 g/mol. The summed E-state index contributed by atoms with van der Waals surface area (Å²) in [5.41, 5.74) is 0. The third-order valence-electron chi connectivity index (χ3n) is 2.45. The van der Waals surface area contributed by atoms with E-state index >= 15 is 0 Å². The van der Waals surface area contributed by atoms with Gasteiger partial charge in [-0.3, -0.25) is 0 Å². The van der Waals surface area contributed by atoms with E-state index in [9.17, 15) is 0 Å². The molecule has 28 heavy (non-hydrogen) atoms. The summed E-state index contributed by atoms with van der Waals surface area (Å²) in [7, 11) is 2.56. The Labute approximate surface area is 184 Å². The van der Waals surface area contributed by atoms with Gasteiger partial charge in [0.25, 0.3) is 0 Å². The van der Waals surface area contributed by atoms with Crippen LogP contribution in [0.25, 0.3) is 0 Å². The Morgan fingerprint density at radius 3 is 0.393 bits per heavy atom. The Morgan fingerprint density at radius 2 is 0.393 bits per heavy atom. The second-order valence-corrected chi connectivity index (χ2v) is 29.5. The molecule has 0 saturated heterocycles. The average Bonchev–Trinajstić information content (AvgIpc) is 2.45. The van der Waals surface area contributed by atoms with Crippen molar-refractivity contribution < 1.29 is 17.7 Å². The maximum Gasteiger partial charge on any atom is 0.183 e. The van der Waals surface area contributed by atoms with Crippen LogP contribution in [0.3, 0.4) is 0 Å². The summed E-state index contributed by atoms with van der Waals surface area (Å²) in [6.45, 7) is 32.4. The normalized spacial score (nSPS) is 11.6. The molecule has 0 atom stereocenters. The first-order valence-electron chi connectivity index (χ1n) is 10.2. The van der Waals surface area contributed by atoms with Crippen LogP contribution < -0.4 is 0 Å². The fourth-order valence-corrected chi connectivity index (χ4v) is 0. The predicted molar refractivity (Wildman–Crippen MR) is 142 cm³/mol. The van der Waals surface area contributed by atoms with Gasteiger partial charge in [0.15, 0.2) is 33.3 Å². The van der Waals surface area contributed by atoms with Gasteiger partial charge in [-0.15, -0.1) is 0 Å². The van der Waals surface area contributed by atoms with Crippen molar-refractivity contribution in [2.75, 3.05) is 28.4 Å². The highest BCUT2D eigenvalue weighted by atomic mass is 28.4. The van der Waals surface area contributed by atoms with Gasteiger partial charge in [-0.05, 0) is 84.5 Å². The Kier molecular flexibility index (Phi) is 27.5. The first-order valence-corrected chi connectivity index (χ1v) is 23.8. The zero-order valence-electron chi connectivity index (χ0n) is 23.2. The molecule has 0 aromatic carbocycles. The lowest BCUT2D eigenvalue weighted by Gasteiger charge is -2.10. The van der Waals surface area contributed by atoms with Crippen molar-refractivity contribution in [2.24, 2.45) is 5.92 Å². The highest BCUT2D eigenvalue weighted by Crippen LogP contribution is 1.99. The molecule has 0 fully saturated rings. The predicted octanol–water partition coefficient (Wildman–Crippen LogP) is 7.53. The first kappa shape index (κ1) is 39.2. The van der Waals surface area contributed by atoms with Gasteiger partial charge < -0.3 is 17.7 Å². The van der Waals surface area contributed by atoms with E-state index in [0.29, 0.717) is 0 Å². The van der Waals surface area contributed by atoms with Crippen LogP contribution in [0.5, 0.6) is 0 Å². The molecule has 0 saturated carbocycles. The smallest absolute Gasteiger partial charge is 0.183 e. The molecule has 0 aromatic heterocycles. The zero-order chi connectivity index (χ0) is 24.4. The number of rotatable bonds is 4. The highest BCUT2D eigenvalue weighted by molar-refractivity contribution is 6.70. The summed E-state index contributed by atoms with van der Waals surface area (Å²) in [6, 6.07) is 0. The van der Waals surface area contributed by atoms with Crippen molar-refractivity contribution >= 4 is 33.3 Å². The monoisotopic (exact) mass is 474 g/mol. The molecule has 0 aliphatic heterocycles. The van der Waals surface area contributed by atoms with Crippen molar-refractivity contribution in [1.82, 2.24) is 0 Å². The Morgan fingerprint density at radius 1 is 0.357 bits per heavy atom. The number of hydrogen-bond acceptors (Lipinski definition) is 4. The van der Waals surface area contributed by atoms with E-state index in [2.05, 4.69) is 99.3 Å². The van der Waals surface area contributed by atoms with E-state index in [0.717, 1.165) is 5.92 Å². The molecule has 4 nitrogen and oxygen atoms in total. The number of hydrogen-bond donors (Lipinski definition) is 0. The molecule has 0 aliphatic carbocycles. The lowest BCUT2D eigenvalue weighted by molar-refractivity contribution is 0.410. The molecular weight excluding hydrogens is 417 g/mol. The van der Waals surface area contributed by atoms with Gasteiger partial charge in [-0.1, -0.05) is 20.8 Å². The fraction of sp³-hybridized carbons (Fsp3) is 1.00. The summed E-state index contributed by atoms with van der Waals surface area (Å²) in [5, 5.41) is 0. The SMILES string of the molecule is CC(C)C.CO[Si](C)(C)C.CO[Si](C)(C)C.CO[Si](C)(C)C.CO[Si](C)(C)C. The second kappa shape index (κ2) is 19.7. The van der Waals surface area contributed by atoms with Crippen LogP contribution in [0.2, 0.25) is 78.6 Å². The van der Waals surface area contributed by atoms with E-state index in [-0.39, 0.29) is 0 Å². The summed E-state index contributed by atoms with van der Waals surface area (Å²) >= 11 is 0. The van der Waals surface area contributed by atoms with Crippen LogP contribution in [0.4, 0.5) is 0 Å². The van der Waals surface area contributed by atoms with Gasteiger partial charge in [-0.25, -0.2) is 0 Å². The van der Waals surface area contributed by atoms with Gasteiger partial charge >= 0.3 is 0 Å². The molecule has 8 heteroatoms. The van der Waals surface area contributed by atoms with E-state index in [1.807, 2.05) is 0 Å². The Balaban J connectivity index is -0.0000000793. The van der Waals surface area contributed by atoms with E-state index < -0.39 is 33.3 Å². The van der Waals surface area contributed by atoms with Crippen molar-refractivity contribution in [1.29, 1.82) is 0 Å². The van der Waals surface area contributed by atoms with Crippen LogP contribution in [0.15, 0.2) is 0 Å². The Hall–Kier alpha value is 0.708. The Bertz CT molecular complexity index is 241. The van der Waals surface area contributed by atoms with Crippen LogP contribution >= 0.6 is 0 Å². The maximum atomic E-state index is 5.08. The van der Waals surface area contributed by atoms with E-state index in [1.54, 1.807) is 28.4 Å². The van der Waals surface area contributed by atoms with Crippen LogP contribution in [0.1, 0.15) is 20.8 Å². The minimum atomic E-state index is -1.13. The molecule has 0 bridgehead atoms. The zero-order valence-corrected chi connectivity index (χ0v) is 27.2. The molecular formula is C20H58O4Si4. The summed E-state index contributed by atoms with van der Waals surface area (Å²) in [4.78, 5) is 0. The van der Waals surface area contributed by atoms with Gasteiger partial charge in [0.05, 0.1) is 0 Å². The standard InChI is InChI=1S/4C4H12OSi.C4H10/c4*1-5-6(2,3)4;1-4(2)3/h4*1-4H3;4H,1-3H3. The van der Waals surface area contributed by atoms with Gasteiger partial charge in [0, 0.05) is 28.4 Å². The van der Waals surface area contributed by atoms with Crippen LogP contribution in [0, 0.1) is 5.92 Å². The summed E-state index contributed by atoms with van der Waals surface area (Å²) in [6.07, 6.45) is 0. The van der Waals surface area contributed by atoms with Crippen molar-refractivity contribution in [3.63, 3.8) is 0 Å². The minimum absolute atomic E-state index is 0.833. The van der Waals surface area contributed by atoms with E-state index in [1.165, 1.54) is 0 Å². The van der Waals surface area contributed by atoms with Gasteiger partial charge in [0.2, 0.25) is 0 Å². The fourth-order valence-electron chi connectivity index (χ4n) is 0. The van der Waals surface area contributed by atoms with Crippen LogP contribution in [-0.4, -0.2) is 61.7 Å². The van der Waals surface area contributed by atoms with Gasteiger partial charge in [0.1, 0.15) is 0 Å². The van der Waals surface area contributed by atoms with Crippen molar-refractivity contribution in [3.05, 3.63) is 0 Å². The summed E-state index contributed by atoms with van der Waals surface area (Å²) in [5.74, 6) is 0.833. The first-order chi connectivity index (χ1) is 12.0. The topological polar surface area (TPSA) is 36.9 Å². The molecule has 0 amide bonds. The van der Waals surface area contributed by atoms with Crippen molar-refractivity contribution in [3.8, 4) is 0 Å². The van der Waals surface area contributed by atoms with E-state index in [4.69, 9.17) is 17.7 Å². The largest absolute Gasteiger partial charge is 0.421 e. The lowest BCUT2D eigenvalue weighted by atomic mass is 10.3.